The molecule has 0 saturated carbocycles. The van der Waals surface area contributed by atoms with Crippen molar-refractivity contribution in [3.05, 3.63) is 24.1 Å². The Hall–Kier alpha value is -1.88. The minimum absolute atomic E-state index is 0.0319. The van der Waals surface area contributed by atoms with Crippen molar-refractivity contribution in [2.45, 2.75) is 6.92 Å². The van der Waals surface area contributed by atoms with E-state index in [4.69, 9.17) is 10.2 Å². The number of fused-ring (bicyclic) bond motifs is 1. The predicted molar refractivity (Wildman–Crippen MR) is 56.4 cm³/mol. The van der Waals surface area contributed by atoms with Crippen molar-refractivity contribution in [1.29, 1.82) is 0 Å². The third-order valence-corrected chi connectivity index (χ3v) is 1.96. The van der Waals surface area contributed by atoms with Crippen LogP contribution in [0.2, 0.25) is 0 Å². The number of carbonyl (C=O) groups excluding carboxylic acids is 1. The fourth-order valence-electron chi connectivity index (χ4n) is 1.33. The van der Waals surface area contributed by atoms with Gasteiger partial charge in [0.05, 0.1) is 6.54 Å². The van der Waals surface area contributed by atoms with Gasteiger partial charge in [0.25, 0.3) is 0 Å². The normalized spacial score (nSPS) is 10.5. The van der Waals surface area contributed by atoms with Crippen LogP contribution >= 0.6 is 0 Å². The second kappa shape index (κ2) is 3.70. The van der Waals surface area contributed by atoms with Crippen molar-refractivity contribution in [3.63, 3.8) is 0 Å². The van der Waals surface area contributed by atoms with Crippen molar-refractivity contribution in [1.82, 2.24) is 4.98 Å². The highest BCUT2D eigenvalue weighted by Gasteiger charge is 2.04. The molecule has 2 rings (SSSR count). The number of amides is 1. The zero-order valence-electron chi connectivity index (χ0n) is 8.28. The molecule has 1 amide bonds. The molecule has 0 aliphatic heterocycles. The molecule has 0 bridgehead atoms. The van der Waals surface area contributed by atoms with Crippen LogP contribution in [0.5, 0.6) is 0 Å². The van der Waals surface area contributed by atoms with Crippen molar-refractivity contribution < 1.29 is 9.21 Å². The topological polar surface area (TPSA) is 81.2 Å². The molecule has 0 aliphatic carbocycles. The van der Waals surface area contributed by atoms with E-state index in [9.17, 15) is 4.79 Å². The third kappa shape index (κ3) is 1.97. The molecule has 0 aliphatic rings. The standard InChI is InChI=1S/C10H11N3O2/c1-6-12-8-4-7(13-10(14)5-11)2-3-9(8)15-6/h2-4H,5,11H2,1H3,(H,13,14). The quantitative estimate of drug-likeness (QED) is 0.767. The molecule has 15 heavy (non-hydrogen) atoms. The summed E-state index contributed by atoms with van der Waals surface area (Å²) in [5.74, 6) is 0.377. The van der Waals surface area contributed by atoms with Crippen molar-refractivity contribution in [2.75, 3.05) is 11.9 Å². The number of aromatic nitrogens is 1. The molecule has 0 spiro atoms. The first-order valence-corrected chi connectivity index (χ1v) is 4.56. The fourth-order valence-corrected chi connectivity index (χ4v) is 1.33. The van der Waals surface area contributed by atoms with E-state index >= 15 is 0 Å². The van der Waals surface area contributed by atoms with Crippen LogP contribution in [0, 0.1) is 6.92 Å². The summed E-state index contributed by atoms with van der Waals surface area (Å²) in [4.78, 5) is 15.2. The Morgan fingerprint density at radius 1 is 1.60 bits per heavy atom. The molecule has 0 atom stereocenters. The van der Waals surface area contributed by atoms with Gasteiger partial charge >= 0.3 is 0 Å². The summed E-state index contributed by atoms with van der Waals surface area (Å²) in [5.41, 5.74) is 7.29. The Morgan fingerprint density at radius 3 is 3.13 bits per heavy atom. The van der Waals surface area contributed by atoms with E-state index in [1.807, 2.05) is 0 Å². The summed E-state index contributed by atoms with van der Waals surface area (Å²) in [5, 5.41) is 2.65. The number of hydrogen-bond donors (Lipinski definition) is 2. The molecule has 0 radical (unpaired) electrons. The highest BCUT2D eigenvalue weighted by Crippen LogP contribution is 2.19. The number of aryl methyl sites for hydroxylation is 1. The summed E-state index contributed by atoms with van der Waals surface area (Å²) < 4.78 is 5.31. The molecule has 1 aromatic carbocycles. The van der Waals surface area contributed by atoms with Gasteiger partial charge in [-0.3, -0.25) is 4.79 Å². The van der Waals surface area contributed by atoms with Gasteiger partial charge in [-0.25, -0.2) is 4.98 Å². The highest BCUT2D eigenvalue weighted by molar-refractivity contribution is 5.93. The zero-order chi connectivity index (χ0) is 10.8. The van der Waals surface area contributed by atoms with E-state index in [-0.39, 0.29) is 12.5 Å². The molecule has 5 heteroatoms. The Labute approximate surface area is 86.3 Å². The number of rotatable bonds is 2. The molecular weight excluding hydrogens is 194 g/mol. The predicted octanol–water partition coefficient (Wildman–Crippen LogP) is 1.03. The first kappa shape index (κ1) is 9.67. The van der Waals surface area contributed by atoms with Gasteiger partial charge in [-0.1, -0.05) is 0 Å². The summed E-state index contributed by atoms with van der Waals surface area (Å²) in [6, 6.07) is 5.27. The van der Waals surface area contributed by atoms with Gasteiger partial charge < -0.3 is 15.5 Å². The molecular formula is C10H11N3O2. The van der Waals surface area contributed by atoms with E-state index in [0.717, 1.165) is 5.52 Å². The van der Waals surface area contributed by atoms with Gasteiger partial charge in [0.2, 0.25) is 5.91 Å². The number of benzene rings is 1. The Balaban J connectivity index is 2.33. The molecule has 3 N–H and O–H groups in total. The lowest BCUT2D eigenvalue weighted by Crippen LogP contribution is -2.21. The third-order valence-electron chi connectivity index (χ3n) is 1.96. The minimum Gasteiger partial charge on any atom is -0.441 e. The lowest BCUT2D eigenvalue weighted by molar-refractivity contribution is -0.114. The average Bonchev–Trinajstić information content (AvgIpc) is 2.57. The fraction of sp³-hybridized carbons (Fsp3) is 0.200. The van der Waals surface area contributed by atoms with Crippen LogP contribution in [-0.4, -0.2) is 17.4 Å². The van der Waals surface area contributed by atoms with E-state index in [1.54, 1.807) is 25.1 Å². The maximum atomic E-state index is 11.0. The Morgan fingerprint density at radius 2 is 2.40 bits per heavy atom. The van der Waals surface area contributed by atoms with Gasteiger partial charge in [0.1, 0.15) is 5.52 Å². The number of carbonyl (C=O) groups is 1. The molecule has 2 aromatic rings. The maximum absolute atomic E-state index is 11.0. The summed E-state index contributed by atoms with van der Waals surface area (Å²) in [6.07, 6.45) is 0. The Kier molecular flexibility index (Phi) is 2.39. The molecule has 1 aromatic heterocycles. The largest absolute Gasteiger partial charge is 0.441 e. The van der Waals surface area contributed by atoms with Crippen LogP contribution in [0.4, 0.5) is 5.69 Å². The maximum Gasteiger partial charge on any atom is 0.238 e. The molecule has 0 saturated heterocycles. The molecule has 5 nitrogen and oxygen atoms in total. The van der Waals surface area contributed by atoms with Crippen molar-refractivity contribution >= 4 is 22.7 Å². The van der Waals surface area contributed by atoms with Crippen LogP contribution in [0.1, 0.15) is 5.89 Å². The Bertz CT molecular complexity index is 504. The minimum atomic E-state index is -0.227. The van der Waals surface area contributed by atoms with Crippen LogP contribution in [0.25, 0.3) is 11.1 Å². The SMILES string of the molecule is Cc1nc2cc(NC(=O)CN)ccc2o1. The highest BCUT2D eigenvalue weighted by atomic mass is 16.3. The zero-order valence-corrected chi connectivity index (χ0v) is 8.28. The number of hydrogen-bond acceptors (Lipinski definition) is 4. The molecule has 0 unspecified atom stereocenters. The lowest BCUT2D eigenvalue weighted by Gasteiger charge is -2.01. The number of anilines is 1. The van der Waals surface area contributed by atoms with Crippen LogP contribution < -0.4 is 11.1 Å². The second-order valence-corrected chi connectivity index (χ2v) is 3.17. The number of nitrogens with two attached hydrogens (primary N) is 1. The monoisotopic (exact) mass is 205 g/mol. The van der Waals surface area contributed by atoms with Crippen molar-refractivity contribution in [3.8, 4) is 0 Å². The van der Waals surface area contributed by atoms with Gasteiger partial charge in [-0.05, 0) is 18.2 Å². The van der Waals surface area contributed by atoms with Crippen molar-refractivity contribution in [2.24, 2.45) is 5.73 Å². The van der Waals surface area contributed by atoms with E-state index < -0.39 is 0 Å². The van der Waals surface area contributed by atoms with E-state index in [0.29, 0.717) is 17.2 Å². The number of nitrogens with zero attached hydrogens (tertiary/aromatic N) is 1. The van der Waals surface area contributed by atoms with E-state index in [1.165, 1.54) is 0 Å². The van der Waals surface area contributed by atoms with Crippen LogP contribution in [0.3, 0.4) is 0 Å². The molecule has 1 heterocycles. The summed E-state index contributed by atoms with van der Waals surface area (Å²) >= 11 is 0. The lowest BCUT2D eigenvalue weighted by atomic mass is 10.3. The number of nitrogens with one attached hydrogen (secondary N) is 1. The van der Waals surface area contributed by atoms with Gasteiger partial charge in [-0.15, -0.1) is 0 Å². The summed E-state index contributed by atoms with van der Waals surface area (Å²) in [6.45, 7) is 1.74. The smallest absolute Gasteiger partial charge is 0.238 e. The van der Waals surface area contributed by atoms with Crippen LogP contribution in [-0.2, 0) is 4.79 Å². The van der Waals surface area contributed by atoms with Crippen LogP contribution in [0.15, 0.2) is 22.6 Å². The van der Waals surface area contributed by atoms with E-state index in [2.05, 4.69) is 10.3 Å². The first-order chi connectivity index (χ1) is 7.19. The molecule has 0 fully saturated rings. The average molecular weight is 205 g/mol. The number of oxazole rings is 1. The second-order valence-electron chi connectivity index (χ2n) is 3.17. The van der Waals surface area contributed by atoms with Gasteiger partial charge in [0.15, 0.2) is 11.5 Å². The molecule has 78 valence electrons. The first-order valence-electron chi connectivity index (χ1n) is 4.56. The van der Waals surface area contributed by atoms with Gasteiger partial charge in [-0.2, -0.15) is 0 Å². The summed E-state index contributed by atoms with van der Waals surface area (Å²) in [7, 11) is 0. The van der Waals surface area contributed by atoms with Gasteiger partial charge in [0, 0.05) is 12.6 Å².